The first kappa shape index (κ1) is 19.2. The van der Waals surface area contributed by atoms with E-state index in [-0.39, 0.29) is 30.1 Å². The van der Waals surface area contributed by atoms with Crippen LogP contribution >= 0.6 is 12.4 Å². The highest BCUT2D eigenvalue weighted by atomic mass is 35.5. The summed E-state index contributed by atoms with van der Waals surface area (Å²) in [5.74, 6) is 0.914. The number of hydrogen-bond acceptors (Lipinski definition) is 3. The Labute approximate surface area is 139 Å². The third kappa shape index (κ3) is 6.97. The molecule has 1 aliphatic carbocycles. The first-order valence-corrected chi connectivity index (χ1v) is 8.51. The van der Waals surface area contributed by atoms with E-state index in [4.69, 9.17) is 0 Å². The fourth-order valence-corrected chi connectivity index (χ4v) is 3.33. The Kier molecular flexibility index (Phi) is 9.48. The van der Waals surface area contributed by atoms with E-state index in [1.807, 2.05) is 0 Å². The fourth-order valence-electron chi connectivity index (χ4n) is 3.33. The van der Waals surface area contributed by atoms with Gasteiger partial charge in [0.25, 0.3) is 0 Å². The normalized spacial score (nSPS) is 22.5. The first-order valence-electron chi connectivity index (χ1n) is 8.51. The summed E-state index contributed by atoms with van der Waals surface area (Å²) in [6.45, 7) is 2.87. The van der Waals surface area contributed by atoms with Gasteiger partial charge in [-0.25, -0.2) is 0 Å². The minimum atomic E-state index is 0. The number of piperidine rings is 1. The smallest absolute Gasteiger partial charge is 0.224 e. The van der Waals surface area contributed by atoms with Crippen LogP contribution < -0.4 is 16.0 Å². The number of nitrogens with one attached hydrogen (secondary N) is 3. The summed E-state index contributed by atoms with van der Waals surface area (Å²) in [6.07, 6.45) is 8.92. The van der Waals surface area contributed by atoms with E-state index in [1.54, 1.807) is 0 Å². The van der Waals surface area contributed by atoms with Crippen LogP contribution in [0.15, 0.2) is 0 Å². The number of halogens is 1. The van der Waals surface area contributed by atoms with Crippen LogP contribution in [0.1, 0.15) is 51.4 Å². The fraction of sp³-hybridized carbons (Fsp3) is 0.875. The Morgan fingerprint density at radius 1 is 0.955 bits per heavy atom. The molecule has 2 amide bonds. The predicted octanol–water partition coefficient (Wildman–Crippen LogP) is 1.61. The van der Waals surface area contributed by atoms with Gasteiger partial charge in [-0.2, -0.15) is 0 Å². The van der Waals surface area contributed by atoms with Crippen LogP contribution in [-0.4, -0.2) is 38.0 Å². The molecule has 2 aliphatic rings. The zero-order valence-electron chi connectivity index (χ0n) is 13.4. The number of carbonyl (C=O) groups excluding carboxylic acids is 2. The lowest BCUT2D eigenvalue weighted by Gasteiger charge is -2.22. The van der Waals surface area contributed by atoms with Crippen LogP contribution in [0.25, 0.3) is 0 Å². The molecular formula is C16H30ClN3O2. The van der Waals surface area contributed by atoms with Crippen molar-refractivity contribution in [3.8, 4) is 0 Å². The van der Waals surface area contributed by atoms with E-state index < -0.39 is 0 Å². The number of rotatable bonds is 6. The molecule has 22 heavy (non-hydrogen) atoms. The molecule has 1 unspecified atom stereocenters. The van der Waals surface area contributed by atoms with Gasteiger partial charge in [0.15, 0.2) is 0 Å². The average molecular weight is 332 g/mol. The van der Waals surface area contributed by atoms with E-state index in [0.29, 0.717) is 25.4 Å². The molecule has 1 aliphatic heterocycles. The van der Waals surface area contributed by atoms with Gasteiger partial charge in [0.2, 0.25) is 11.8 Å². The molecule has 1 heterocycles. The summed E-state index contributed by atoms with van der Waals surface area (Å²) >= 11 is 0. The van der Waals surface area contributed by atoms with Crippen LogP contribution in [0.3, 0.4) is 0 Å². The molecule has 0 aromatic carbocycles. The first-order chi connectivity index (χ1) is 10.3. The van der Waals surface area contributed by atoms with Crippen molar-refractivity contribution < 1.29 is 9.59 Å². The van der Waals surface area contributed by atoms with Crippen molar-refractivity contribution in [3.63, 3.8) is 0 Å². The monoisotopic (exact) mass is 331 g/mol. The topological polar surface area (TPSA) is 70.2 Å². The Hall–Kier alpha value is -0.810. The van der Waals surface area contributed by atoms with Gasteiger partial charge in [-0.15, -0.1) is 12.4 Å². The molecule has 1 saturated carbocycles. The molecule has 6 heteroatoms. The van der Waals surface area contributed by atoms with Crippen LogP contribution in [0.5, 0.6) is 0 Å². The van der Waals surface area contributed by atoms with E-state index in [1.165, 1.54) is 32.1 Å². The Morgan fingerprint density at radius 2 is 1.68 bits per heavy atom. The Morgan fingerprint density at radius 3 is 2.36 bits per heavy atom. The number of amides is 2. The summed E-state index contributed by atoms with van der Waals surface area (Å²) in [7, 11) is 0. The van der Waals surface area contributed by atoms with E-state index in [9.17, 15) is 9.59 Å². The van der Waals surface area contributed by atoms with Gasteiger partial charge >= 0.3 is 0 Å². The Bertz CT molecular complexity index is 340. The average Bonchev–Trinajstić information content (AvgIpc) is 2.53. The minimum absolute atomic E-state index is 0. The zero-order valence-corrected chi connectivity index (χ0v) is 14.2. The Balaban J connectivity index is 0.00000242. The number of carbonyl (C=O) groups is 2. The van der Waals surface area contributed by atoms with Gasteiger partial charge in [-0.3, -0.25) is 9.59 Å². The van der Waals surface area contributed by atoms with Gasteiger partial charge in [0, 0.05) is 26.1 Å². The van der Waals surface area contributed by atoms with Crippen molar-refractivity contribution >= 4 is 24.2 Å². The molecule has 2 rings (SSSR count). The molecule has 1 saturated heterocycles. The summed E-state index contributed by atoms with van der Waals surface area (Å²) in [4.78, 5) is 23.7. The van der Waals surface area contributed by atoms with Crippen molar-refractivity contribution in [1.82, 2.24) is 16.0 Å². The van der Waals surface area contributed by atoms with E-state index in [0.717, 1.165) is 25.9 Å². The maximum Gasteiger partial charge on any atom is 0.224 e. The molecule has 0 radical (unpaired) electrons. The van der Waals surface area contributed by atoms with Crippen molar-refractivity contribution in [2.75, 3.05) is 26.2 Å². The highest BCUT2D eigenvalue weighted by Crippen LogP contribution is 2.25. The minimum Gasteiger partial charge on any atom is -0.354 e. The van der Waals surface area contributed by atoms with Crippen LogP contribution in [-0.2, 0) is 9.59 Å². The van der Waals surface area contributed by atoms with Crippen LogP contribution in [0.4, 0.5) is 0 Å². The summed E-state index contributed by atoms with van der Waals surface area (Å²) in [5.41, 5.74) is 0. The van der Waals surface area contributed by atoms with Gasteiger partial charge in [0.05, 0.1) is 5.92 Å². The van der Waals surface area contributed by atoms with Crippen molar-refractivity contribution in [2.45, 2.75) is 51.4 Å². The molecule has 0 spiro atoms. The number of hydrogen-bond donors (Lipinski definition) is 3. The lowest BCUT2D eigenvalue weighted by Crippen LogP contribution is -2.43. The van der Waals surface area contributed by atoms with Crippen molar-refractivity contribution in [2.24, 2.45) is 11.8 Å². The summed E-state index contributed by atoms with van der Waals surface area (Å²) < 4.78 is 0. The van der Waals surface area contributed by atoms with Gasteiger partial charge in [0.1, 0.15) is 0 Å². The molecule has 0 aromatic rings. The lowest BCUT2D eigenvalue weighted by molar-refractivity contribution is -0.126. The largest absolute Gasteiger partial charge is 0.354 e. The second-order valence-corrected chi connectivity index (χ2v) is 6.39. The second kappa shape index (κ2) is 10.8. The molecule has 5 nitrogen and oxygen atoms in total. The highest BCUT2D eigenvalue weighted by Gasteiger charge is 2.20. The van der Waals surface area contributed by atoms with Gasteiger partial charge < -0.3 is 16.0 Å². The third-order valence-electron chi connectivity index (χ3n) is 4.61. The molecular weight excluding hydrogens is 302 g/mol. The second-order valence-electron chi connectivity index (χ2n) is 6.39. The quantitative estimate of drug-likeness (QED) is 0.648. The summed E-state index contributed by atoms with van der Waals surface area (Å²) in [5, 5.41) is 9.08. The maximum atomic E-state index is 11.9. The SMILES string of the molecule is Cl.O=C(CC1CCCCC1)NCCNC(=O)C1CCCNC1. The standard InChI is InChI=1S/C16H29N3O2.ClH/c20-15(11-13-5-2-1-3-6-13)18-9-10-19-16(21)14-7-4-8-17-12-14;/h13-14,17H,1-12H2,(H,18,20)(H,19,21);1H. The molecule has 0 bridgehead atoms. The molecule has 128 valence electrons. The van der Waals surface area contributed by atoms with Gasteiger partial charge in [-0.05, 0) is 38.1 Å². The third-order valence-corrected chi connectivity index (χ3v) is 4.61. The van der Waals surface area contributed by atoms with Gasteiger partial charge in [-0.1, -0.05) is 19.3 Å². The van der Waals surface area contributed by atoms with E-state index >= 15 is 0 Å². The zero-order chi connectivity index (χ0) is 14.9. The molecule has 2 fully saturated rings. The summed E-state index contributed by atoms with van der Waals surface area (Å²) in [6, 6.07) is 0. The van der Waals surface area contributed by atoms with E-state index in [2.05, 4.69) is 16.0 Å². The molecule has 1 atom stereocenters. The highest BCUT2D eigenvalue weighted by molar-refractivity contribution is 5.85. The van der Waals surface area contributed by atoms with Crippen molar-refractivity contribution in [1.29, 1.82) is 0 Å². The molecule has 0 aromatic heterocycles. The molecule has 3 N–H and O–H groups in total. The maximum absolute atomic E-state index is 11.9. The van der Waals surface area contributed by atoms with Crippen LogP contribution in [0, 0.1) is 11.8 Å². The van der Waals surface area contributed by atoms with Crippen molar-refractivity contribution in [3.05, 3.63) is 0 Å². The lowest BCUT2D eigenvalue weighted by atomic mass is 9.87. The predicted molar refractivity (Wildman–Crippen MR) is 90.1 cm³/mol. The van der Waals surface area contributed by atoms with Crippen LogP contribution in [0.2, 0.25) is 0 Å².